The van der Waals surface area contributed by atoms with Gasteiger partial charge in [0.2, 0.25) is 11.8 Å². The Morgan fingerprint density at radius 1 is 1.05 bits per heavy atom. The quantitative estimate of drug-likeness (QED) is 0.176. The van der Waals surface area contributed by atoms with Crippen LogP contribution in [0.1, 0.15) is 31.9 Å². The van der Waals surface area contributed by atoms with Gasteiger partial charge in [0, 0.05) is 26.7 Å². The summed E-state index contributed by atoms with van der Waals surface area (Å²) in [5, 5.41) is 13.5. The minimum absolute atomic E-state index is 0.0220. The average molecular weight is 547 g/mol. The zero-order valence-electron chi connectivity index (χ0n) is 22.9. The maximum Gasteiger partial charge on any atom is 0.233 e. The number of rotatable bonds is 20. The largest absolute Gasteiger partial charge is 0.382 e. The third-order valence-electron chi connectivity index (χ3n) is 5.08. The normalized spacial score (nSPS) is 15.0. The summed E-state index contributed by atoms with van der Waals surface area (Å²) in [7, 11) is 1.64. The fourth-order valence-corrected chi connectivity index (χ4v) is 3.05. The molecule has 0 bridgehead atoms. The van der Waals surface area contributed by atoms with Crippen molar-refractivity contribution in [1.82, 2.24) is 25.6 Å². The van der Waals surface area contributed by atoms with Crippen molar-refractivity contribution in [3.63, 3.8) is 0 Å². The molecule has 1 aromatic heterocycles. The first-order valence-corrected chi connectivity index (χ1v) is 13.1. The van der Waals surface area contributed by atoms with E-state index in [2.05, 4.69) is 20.9 Å². The minimum atomic E-state index is -0.203. The van der Waals surface area contributed by atoms with E-state index in [0.29, 0.717) is 85.6 Å². The molecule has 1 unspecified atom stereocenters. The highest BCUT2D eigenvalue weighted by Gasteiger charge is 2.14. The van der Waals surface area contributed by atoms with Crippen LogP contribution in [-0.2, 0) is 51.2 Å². The van der Waals surface area contributed by atoms with E-state index in [1.165, 1.54) is 0 Å². The van der Waals surface area contributed by atoms with Crippen molar-refractivity contribution in [2.75, 3.05) is 86.3 Å². The zero-order valence-corrected chi connectivity index (χ0v) is 22.9. The van der Waals surface area contributed by atoms with E-state index < -0.39 is 0 Å². The Morgan fingerprint density at radius 3 is 2.39 bits per heavy atom. The second-order valence-electron chi connectivity index (χ2n) is 8.24. The fraction of sp³-hybridized carbons (Fsp3) is 0.833. The van der Waals surface area contributed by atoms with Crippen molar-refractivity contribution >= 4 is 11.8 Å². The molecule has 14 heteroatoms. The van der Waals surface area contributed by atoms with E-state index in [4.69, 9.17) is 34.2 Å². The molecule has 220 valence electrons. The molecule has 0 spiro atoms. The van der Waals surface area contributed by atoms with Gasteiger partial charge in [-0.25, -0.2) is 4.68 Å². The molecule has 1 atom stereocenters. The number of hydrogen-bond acceptors (Lipinski definition) is 11. The van der Waals surface area contributed by atoms with Gasteiger partial charge >= 0.3 is 0 Å². The van der Waals surface area contributed by atoms with E-state index >= 15 is 0 Å². The van der Waals surface area contributed by atoms with Gasteiger partial charge in [-0.15, -0.1) is 5.10 Å². The summed E-state index contributed by atoms with van der Waals surface area (Å²) in [5.74, 6) is -0.0779. The summed E-state index contributed by atoms with van der Waals surface area (Å²) in [4.78, 5) is 21.9. The van der Waals surface area contributed by atoms with Crippen LogP contribution in [0.2, 0.25) is 0 Å². The van der Waals surface area contributed by atoms with Gasteiger partial charge < -0.3 is 44.8 Å². The number of hydrogen-bond donors (Lipinski definition) is 3. The lowest BCUT2D eigenvalue weighted by Gasteiger charge is -2.22. The lowest BCUT2D eigenvalue weighted by Crippen LogP contribution is -2.40. The van der Waals surface area contributed by atoms with E-state index in [1.807, 2.05) is 6.92 Å². The van der Waals surface area contributed by atoms with Gasteiger partial charge in [-0.1, -0.05) is 12.1 Å². The molecule has 2 amide bonds. The molecule has 0 radical (unpaired) electrons. The van der Waals surface area contributed by atoms with Gasteiger partial charge in [-0.2, -0.15) is 0 Å². The molecule has 2 rings (SSSR count). The number of ether oxygens (including phenoxy) is 6. The Balaban J connectivity index is 0.000000544. The molecule has 1 fully saturated rings. The van der Waals surface area contributed by atoms with Gasteiger partial charge in [-0.3, -0.25) is 9.59 Å². The van der Waals surface area contributed by atoms with Gasteiger partial charge in [0.15, 0.2) is 0 Å². The van der Waals surface area contributed by atoms with Crippen LogP contribution in [0.25, 0.3) is 0 Å². The Bertz CT molecular complexity index is 718. The third kappa shape index (κ3) is 19.0. The molecule has 0 aliphatic carbocycles. The van der Waals surface area contributed by atoms with Crippen LogP contribution < -0.4 is 16.4 Å². The highest BCUT2D eigenvalue weighted by molar-refractivity contribution is 5.77. The second kappa shape index (κ2) is 23.9. The van der Waals surface area contributed by atoms with Crippen molar-refractivity contribution in [1.29, 1.82) is 0 Å². The number of carbonyl (C=O) groups is 2. The number of nitrogens with two attached hydrogens (primary N) is 1. The zero-order chi connectivity index (χ0) is 27.7. The van der Waals surface area contributed by atoms with Crippen LogP contribution in [0.4, 0.5) is 0 Å². The van der Waals surface area contributed by atoms with Crippen molar-refractivity contribution in [2.24, 2.45) is 5.73 Å². The Morgan fingerprint density at radius 2 is 1.76 bits per heavy atom. The van der Waals surface area contributed by atoms with Gasteiger partial charge in [0.05, 0.1) is 91.4 Å². The highest BCUT2D eigenvalue weighted by Crippen LogP contribution is 2.05. The summed E-state index contributed by atoms with van der Waals surface area (Å²) in [6.45, 7) is 8.90. The number of carbonyl (C=O) groups excluding carboxylic acids is 2. The number of aromatic nitrogens is 3. The smallest absolute Gasteiger partial charge is 0.233 e. The predicted octanol–water partition coefficient (Wildman–Crippen LogP) is -0.743. The van der Waals surface area contributed by atoms with E-state index in [9.17, 15) is 9.59 Å². The van der Waals surface area contributed by atoms with Crippen LogP contribution in [0.3, 0.4) is 0 Å². The highest BCUT2D eigenvalue weighted by atomic mass is 16.6. The number of amides is 2. The van der Waals surface area contributed by atoms with Gasteiger partial charge in [0.1, 0.15) is 5.69 Å². The van der Waals surface area contributed by atoms with Crippen molar-refractivity contribution in [3.8, 4) is 0 Å². The average Bonchev–Trinajstić information content (AvgIpc) is 3.39. The van der Waals surface area contributed by atoms with E-state index in [0.717, 1.165) is 25.1 Å². The molecule has 1 saturated heterocycles. The molecule has 14 nitrogen and oxygen atoms in total. The number of nitrogens with zero attached hydrogens (tertiary/aromatic N) is 3. The number of nitrogens with one attached hydrogen (secondary N) is 2. The first kappa shape index (κ1) is 33.8. The molecule has 0 aromatic carbocycles. The Hall–Kier alpha value is -2.20. The monoisotopic (exact) mass is 546 g/mol. The van der Waals surface area contributed by atoms with E-state index in [1.54, 1.807) is 18.0 Å². The number of methoxy groups -OCH3 is 1. The first-order chi connectivity index (χ1) is 18.6. The fourth-order valence-electron chi connectivity index (χ4n) is 3.05. The van der Waals surface area contributed by atoms with Crippen LogP contribution in [0.5, 0.6) is 0 Å². The Labute approximate surface area is 225 Å². The van der Waals surface area contributed by atoms with E-state index in [-0.39, 0.29) is 24.4 Å². The molecular weight excluding hydrogens is 500 g/mol. The lowest BCUT2D eigenvalue weighted by atomic mass is 10.1. The SMILES string of the molecule is CCC(=O)NC1CCCOC1.COCCOCCOCCOCCn1cc(COCCNC(=O)CN)nn1. The maximum atomic E-state index is 10.9. The molecule has 1 aliphatic rings. The summed E-state index contributed by atoms with van der Waals surface area (Å²) >= 11 is 0. The van der Waals surface area contributed by atoms with Crippen LogP contribution >= 0.6 is 0 Å². The summed E-state index contributed by atoms with van der Waals surface area (Å²) < 4.78 is 33.3. The Kier molecular flexibility index (Phi) is 21.3. The predicted molar refractivity (Wildman–Crippen MR) is 138 cm³/mol. The molecule has 1 aliphatic heterocycles. The van der Waals surface area contributed by atoms with Crippen molar-refractivity contribution < 1.29 is 38.0 Å². The molecule has 0 saturated carbocycles. The minimum Gasteiger partial charge on any atom is -0.382 e. The summed E-state index contributed by atoms with van der Waals surface area (Å²) in [5.41, 5.74) is 5.90. The second-order valence-corrected chi connectivity index (χ2v) is 8.24. The molecule has 1 aromatic rings. The summed E-state index contributed by atoms with van der Waals surface area (Å²) in [6.07, 6.45) is 4.49. The van der Waals surface area contributed by atoms with Crippen LogP contribution in [0.15, 0.2) is 6.20 Å². The molecule has 2 heterocycles. The van der Waals surface area contributed by atoms with Gasteiger partial charge in [0.25, 0.3) is 0 Å². The molecule has 4 N–H and O–H groups in total. The summed E-state index contributed by atoms with van der Waals surface area (Å²) in [6, 6.07) is 0.260. The van der Waals surface area contributed by atoms with Crippen LogP contribution in [0, 0.1) is 0 Å². The molecular formula is C24H46N6O8. The van der Waals surface area contributed by atoms with Crippen LogP contribution in [-0.4, -0.2) is 119 Å². The maximum absolute atomic E-state index is 10.9. The third-order valence-corrected chi connectivity index (χ3v) is 5.08. The van der Waals surface area contributed by atoms with Gasteiger partial charge in [-0.05, 0) is 12.8 Å². The lowest BCUT2D eigenvalue weighted by molar-refractivity contribution is -0.122. The van der Waals surface area contributed by atoms with Crippen molar-refractivity contribution in [2.45, 2.75) is 45.4 Å². The topological polar surface area (TPSA) is 170 Å². The van der Waals surface area contributed by atoms with Crippen molar-refractivity contribution in [3.05, 3.63) is 11.9 Å². The standard InChI is InChI=1S/C16H31N5O6.C8H15NO2/c1-23-6-7-25-10-11-26-9-8-24-5-3-21-13-15(19-20-21)14-27-4-2-18-16(22)12-17;1-2-8(10)9-7-4-3-5-11-6-7/h13H,2-12,14,17H2,1H3,(H,18,22);7H,2-6H2,1H3,(H,9,10). The first-order valence-electron chi connectivity index (χ1n) is 13.1. The molecule has 38 heavy (non-hydrogen) atoms.